The summed E-state index contributed by atoms with van der Waals surface area (Å²) in [6.07, 6.45) is 2.36. The Morgan fingerprint density at radius 3 is 2.79 bits per heavy atom. The van der Waals surface area contributed by atoms with Gasteiger partial charge in [-0.1, -0.05) is 6.07 Å². The van der Waals surface area contributed by atoms with Crippen LogP contribution in [0.5, 0.6) is 5.75 Å². The highest BCUT2D eigenvalue weighted by molar-refractivity contribution is 7.89. The minimum absolute atomic E-state index is 0.152. The molecule has 2 aliphatic heterocycles. The van der Waals surface area contributed by atoms with Gasteiger partial charge in [-0.3, -0.25) is 0 Å². The molecule has 34 heavy (non-hydrogen) atoms. The number of rotatable bonds is 7. The van der Waals surface area contributed by atoms with Gasteiger partial charge in [0.2, 0.25) is 10.0 Å². The van der Waals surface area contributed by atoms with Gasteiger partial charge >= 0.3 is 0 Å². The number of fused-ring (bicyclic) bond motifs is 3. The van der Waals surface area contributed by atoms with E-state index in [1.54, 1.807) is 22.0 Å². The molecule has 1 saturated heterocycles. The summed E-state index contributed by atoms with van der Waals surface area (Å²) in [5.41, 5.74) is 3.03. The standard InChI is InChI=1S/C23H30N6O3S2/c1-15(2)29-22(24-14-25-29)23-26-21-18-6-5-16(11-19(18)32-9-7-20(21)33-23)17-12-28(13-17)34(30,31)10-8-27(3)4/h5-6,11,14-15,17H,7-10,12-13H2,1-4H3. The molecule has 1 fully saturated rings. The fourth-order valence-electron chi connectivity index (χ4n) is 4.27. The molecule has 5 rings (SSSR count). The molecule has 0 atom stereocenters. The van der Waals surface area contributed by atoms with E-state index in [-0.39, 0.29) is 17.7 Å². The van der Waals surface area contributed by atoms with Crippen molar-refractivity contribution in [1.82, 2.24) is 29.0 Å². The molecular formula is C23H30N6O3S2. The number of aromatic nitrogens is 4. The molecule has 1 aromatic carbocycles. The van der Waals surface area contributed by atoms with E-state index in [0.717, 1.165) is 39.8 Å². The Balaban J connectivity index is 1.37. The Labute approximate surface area is 204 Å². The second-order valence-electron chi connectivity index (χ2n) is 9.40. The Morgan fingerprint density at radius 2 is 2.06 bits per heavy atom. The lowest BCUT2D eigenvalue weighted by Crippen LogP contribution is -2.50. The first-order valence-electron chi connectivity index (χ1n) is 11.5. The van der Waals surface area contributed by atoms with Crippen LogP contribution in [0, 0.1) is 0 Å². The molecule has 0 aliphatic carbocycles. The van der Waals surface area contributed by atoms with Gasteiger partial charge < -0.3 is 9.64 Å². The van der Waals surface area contributed by atoms with Gasteiger partial charge in [0, 0.05) is 48.5 Å². The summed E-state index contributed by atoms with van der Waals surface area (Å²) in [6.45, 7) is 6.31. The third kappa shape index (κ3) is 4.37. The van der Waals surface area contributed by atoms with Crippen molar-refractivity contribution in [2.45, 2.75) is 32.2 Å². The van der Waals surface area contributed by atoms with Crippen molar-refractivity contribution in [3.8, 4) is 27.8 Å². The molecule has 4 heterocycles. The van der Waals surface area contributed by atoms with E-state index in [4.69, 9.17) is 9.72 Å². The molecule has 0 unspecified atom stereocenters. The first kappa shape index (κ1) is 23.4. The molecule has 0 saturated carbocycles. The quantitative estimate of drug-likeness (QED) is 0.490. The van der Waals surface area contributed by atoms with Crippen LogP contribution in [-0.4, -0.2) is 83.5 Å². The fourth-order valence-corrected chi connectivity index (χ4v) is 6.99. The molecule has 2 aromatic heterocycles. The van der Waals surface area contributed by atoms with Gasteiger partial charge in [0.05, 0.1) is 18.1 Å². The Bertz CT molecular complexity index is 1290. The molecule has 0 radical (unpaired) electrons. The Hall–Kier alpha value is -2.34. The monoisotopic (exact) mass is 502 g/mol. The fraction of sp³-hybridized carbons (Fsp3) is 0.522. The van der Waals surface area contributed by atoms with Gasteiger partial charge in [-0.25, -0.2) is 27.4 Å². The predicted molar refractivity (Wildman–Crippen MR) is 133 cm³/mol. The largest absolute Gasteiger partial charge is 0.492 e. The number of hydrogen-bond acceptors (Lipinski definition) is 8. The SMILES string of the molecule is CC(C)n1ncnc1-c1nc2c(s1)CCOc1cc(C3CN(S(=O)(=O)CCN(C)C)C3)ccc1-2. The molecule has 3 aromatic rings. The molecule has 2 aliphatic rings. The van der Waals surface area contributed by atoms with Crippen LogP contribution >= 0.6 is 11.3 Å². The van der Waals surface area contributed by atoms with Crippen molar-refractivity contribution in [1.29, 1.82) is 0 Å². The first-order chi connectivity index (χ1) is 16.2. The lowest BCUT2D eigenvalue weighted by molar-refractivity contribution is 0.261. The van der Waals surface area contributed by atoms with Crippen LogP contribution in [0.15, 0.2) is 24.5 Å². The maximum Gasteiger partial charge on any atom is 0.215 e. The third-order valence-electron chi connectivity index (χ3n) is 6.31. The number of ether oxygens (including phenoxy) is 1. The lowest BCUT2D eigenvalue weighted by atomic mass is 9.92. The summed E-state index contributed by atoms with van der Waals surface area (Å²) in [7, 11) is 0.558. The maximum absolute atomic E-state index is 12.5. The van der Waals surface area contributed by atoms with Crippen LogP contribution in [0.25, 0.3) is 22.1 Å². The Kier molecular flexibility index (Phi) is 6.21. The van der Waals surface area contributed by atoms with Gasteiger partial charge in [0.25, 0.3) is 0 Å². The first-order valence-corrected chi connectivity index (χ1v) is 13.9. The maximum atomic E-state index is 12.5. The van der Waals surface area contributed by atoms with Gasteiger partial charge in [0.1, 0.15) is 12.1 Å². The van der Waals surface area contributed by atoms with E-state index in [1.165, 1.54) is 4.88 Å². The predicted octanol–water partition coefficient (Wildman–Crippen LogP) is 2.88. The van der Waals surface area contributed by atoms with Crippen molar-refractivity contribution in [2.75, 3.05) is 46.1 Å². The van der Waals surface area contributed by atoms with E-state index >= 15 is 0 Å². The smallest absolute Gasteiger partial charge is 0.215 e. The Morgan fingerprint density at radius 1 is 1.26 bits per heavy atom. The van der Waals surface area contributed by atoms with Crippen molar-refractivity contribution in [3.63, 3.8) is 0 Å². The van der Waals surface area contributed by atoms with Crippen LogP contribution in [0.2, 0.25) is 0 Å². The number of nitrogens with zero attached hydrogens (tertiary/aromatic N) is 6. The van der Waals surface area contributed by atoms with Crippen molar-refractivity contribution in [3.05, 3.63) is 35.0 Å². The zero-order chi connectivity index (χ0) is 24.0. The highest BCUT2D eigenvalue weighted by atomic mass is 32.2. The zero-order valence-corrected chi connectivity index (χ0v) is 21.6. The van der Waals surface area contributed by atoms with E-state index < -0.39 is 10.0 Å². The van der Waals surface area contributed by atoms with Crippen LogP contribution in [0.4, 0.5) is 0 Å². The minimum atomic E-state index is -3.21. The summed E-state index contributed by atoms with van der Waals surface area (Å²) in [5, 5.41) is 5.22. The number of thiazole rings is 1. The van der Waals surface area contributed by atoms with Gasteiger partial charge in [-0.05, 0) is 45.6 Å². The number of sulfonamides is 1. The van der Waals surface area contributed by atoms with Crippen LogP contribution in [0.3, 0.4) is 0 Å². The minimum Gasteiger partial charge on any atom is -0.492 e. The van der Waals surface area contributed by atoms with E-state index in [2.05, 4.69) is 42.1 Å². The summed E-state index contributed by atoms with van der Waals surface area (Å²) < 4.78 is 34.6. The van der Waals surface area contributed by atoms with Crippen molar-refractivity contribution >= 4 is 21.4 Å². The zero-order valence-electron chi connectivity index (χ0n) is 19.9. The molecule has 0 spiro atoms. The van der Waals surface area contributed by atoms with Crippen LogP contribution in [0.1, 0.15) is 36.2 Å². The van der Waals surface area contributed by atoms with Gasteiger partial charge in [0.15, 0.2) is 10.8 Å². The molecule has 11 heteroatoms. The molecule has 182 valence electrons. The lowest BCUT2D eigenvalue weighted by Gasteiger charge is -2.38. The normalized spacial score (nSPS) is 16.8. The average molecular weight is 503 g/mol. The molecule has 0 amide bonds. The summed E-state index contributed by atoms with van der Waals surface area (Å²) in [4.78, 5) is 12.5. The third-order valence-corrected chi connectivity index (χ3v) is 9.20. The van der Waals surface area contributed by atoms with Gasteiger partial charge in [-0.15, -0.1) is 11.3 Å². The summed E-state index contributed by atoms with van der Waals surface area (Å²) in [6, 6.07) is 6.41. The van der Waals surface area contributed by atoms with Crippen molar-refractivity contribution < 1.29 is 13.2 Å². The van der Waals surface area contributed by atoms with Gasteiger partial charge in [-0.2, -0.15) is 5.10 Å². The summed E-state index contributed by atoms with van der Waals surface area (Å²) >= 11 is 1.65. The average Bonchev–Trinajstić information content (AvgIpc) is 3.35. The topological polar surface area (TPSA) is 93.5 Å². The molecule has 9 nitrogen and oxygen atoms in total. The molecular weight excluding hydrogens is 472 g/mol. The van der Waals surface area contributed by atoms with Crippen molar-refractivity contribution in [2.24, 2.45) is 0 Å². The van der Waals surface area contributed by atoms with Crippen LogP contribution < -0.4 is 4.74 Å². The number of hydrogen-bond donors (Lipinski definition) is 0. The number of benzene rings is 1. The second kappa shape index (κ2) is 9.03. The molecule has 0 N–H and O–H groups in total. The van der Waals surface area contributed by atoms with E-state index in [9.17, 15) is 8.42 Å². The highest BCUT2D eigenvalue weighted by Crippen LogP contribution is 2.42. The molecule has 0 bridgehead atoms. The highest BCUT2D eigenvalue weighted by Gasteiger charge is 2.37. The second-order valence-corrected chi connectivity index (χ2v) is 12.6. The van der Waals surface area contributed by atoms with E-state index in [0.29, 0.717) is 26.2 Å². The summed E-state index contributed by atoms with van der Waals surface area (Å²) in [5.74, 6) is 1.94. The van der Waals surface area contributed by atoms with E-state index in [1.807, 2.05) is 23.7 Å². The van der Waals surface area contributed by atoms with Crippen LogP contribution in [-0.2, 0) is 16.4 Å².